The number of rotatable bonds is 4. The van der Waals surface area contributed by atoms with E-state index in [-0.39, 0.29) is 19.9 Å². The molecule has 1 aromatic carbocycles. The molecule has 0 bridgehead atoms. The number of carboxylic acids is 1. The van der Waals surface area contributed by atoms with Crippen molar-refractivity contribution in [2.45, 2.75) is 0 Å². The zero-order valence-corrected chi connectivity index (χ0v) is 9.34. The Hall–Kier alpha value is -2.44. The van der Waals surface area contributed by atoms with Gasteiger partial charge in [0.1, 0.15) is 12.4 Å². The molecule has 1 aliphatic rings. The summed E-state index contributed by atoms with van der Waals surface area (Å²) in [5, 5.41) is 10.5. The van der Waals surface area contributed by atoms with E-state index in [4.69, 9.17) is 19.3 Å². The van der Waals surface area contributed by atoms with Crippen LogP contribution < -0.4 is 19.5 Å². The Kier molecular flexibility index (Phi) is 3.52. The molecule has 1 aliphatic heterocycles. The number of carbonyl (C=O) groups excluding carboxylic acids is 1. The number of ether oxygens (including phenoxy) is 3. The topological polar surface area (TPSA) is 94.1 Å². The van der Waals surface area contributed by atoms with Crippen LogP contribution in [0.5, 0.6) is 17.2 Å². The standard InChI is InChI=1S/C11H11NO6/c13-10(11(14)15)12-3-4-16-7-1-2-8-9(5-7)18-6-17-8/h1-2,5H,3-4,6H2,(H,12,13)(H,14,15). The van der Waals surface area contributed by atoms with Crippen molar-refractivity contribution in [3.8, 4) is 17.2 Å². The molecule has 1 amide bonds. The first-order chi connectivity index (χ1) is 8.66. The molecule has 96 valence electrons. The summed E-state index contributed by atoms with van der Waals surface area (Å²) in [4.78, 5) is 20.9. The van der Waals surface area contributed by atoms with Gasteiger partial charge < -0.3 is 24.6 Å². The van der Waals surface area contributed by atoms with E-state index in [9.17, 15) is 9.59 Å². The highest BCUT2D eigenvalue weighted by molar-refractivity contribution is 6.31. The van der Waals surface area contributed by atoms with Crippen molar-refractivity contribution in [3.05, 3.63) is 18.2 Å². The van der Waals surface area contributed by atoms with Gasteiger partial charge in [-0.15, -0.1) is 0 Å². The van der Waals surface area contributed by atoms with Crippen LogP contribution in [-0.2, 0) is 9.59 Å². The molecule has 0 radical (unpaired) electrons. The minimum Gasteiger partial charge on any atom is -0.492 e. The quantitative estimate of drug-likeness (QED) is 0.579. The van der Waals surface area contributed by atoms with Gasteiger partial charge in [-0.2, -0.15) is 0 Å². The molecular formula is C11H11NO6. The number of nitrogens with one attached hydrogen (secondary N) is 1. The van der Waals surface area contributed by atoms with Crippen LogP contribution in [0.4, 0.5) is 0 Å². The number of hydrogen-bond acceptors (Lipinski definition) is 5. The van der Waals surface area contributed by atoms with Crippen LogP contribution >= 0.6 is 0 Å². The largest absolute Gasteiger partial charge is 0.492 e. The minimum atomic E-state index is -1.52. The highest BCUT2D eigenvalue weighted by Crippen LogP contribution is 2.34. The summed E-state index contributed by atoms with van der Waals surface area (Å²) in [6, 6.07) is 5.08. The number of amides is 1. The molecular weight excluding hydrogens is 242 g/mol. The summed E-state index contributed by atoms with van der Waals surface area (Å²) in [5.74, 6) is -0.755. The maximum absolute atomic E-state index is 10.7. The van der Waals surface area contributed by atoms with Crippen LogP contribution in [0.25, 0.3) is 0 Å². The molecule has 0 saturated carbocycles. The molecule has 7 nitrogen and oxygen atoms in total. The van der Waals surface area contributed by atoms with Crippen LogP contribution in [0.2, 0.25) is 0 Å². The van der Waals surface area contributed by atoms with Gasteiger partial charge in [-0.1, -0.05) is 0 Å². The van der Waals surface area contributed by atoms with Crippen LogP contribution in [0.3, 0.4) is 0 Å². The second kappa shape index (κ2) is 5.26. The maximum atomic E-state index is 10.7. The maximum Gasteiger partial charge on any atom is 0.394 e. The van der Waals surface area contributed by atoms with E-state index >= 15 is 0 Å². The van der Waals surface area contributed by atoms with Gasteiger partial charge in [-0.25, -0.2) is 4.79 Å². The van der Waals surface area contributed by atoms with Crippen LogP contribution in [0.15, 0.2) is 18.2 Å². The van der Waals surface area contributed by atoms with Crippen molar-refractivity contribution in [2.75, 3.05) is 19.9 Å². The molecule has 18 heavy (non-hydrogen) atoms. The normalized spacial score (nSPS) is 12.0. The van der Waals surface area contributed by atoms with Gasteiger partial charge in [0.25, 0.3) is 0 Å². The Bertz CT molecular complexity index is 473. The summed E-state index contributed by atoms with van der Waals surface area (Å²) < 4.78 is 15.6. The Balaban J connectivity index is 1.77. The minimum absolute atomic E-state index is 0.111. The van der Waals surface area contributed by atoms with Gasteiger partial charge in [0.05, 0.1) is 6.54 Å². The lowest BCUT2D eigenvalue weighted by Gasteiger charge is -2.07. The van der Waals surface area contributed by atoms with E-state index < -0.39 is 11.9 Å². The van der Waals surface area contributed by atoms with Crippen LogP contribution in [-0.4, -0.2) is 36.9 Å². The monoisotopic (exact) mass is 253 g/mol. The molecule has 0 fully saturated rings. The fourth-order valence-corrected chi connectivity index (χ4v) is 1.38. The van der Waals surface area contributed by atoms with E-state index in [0.717, 1.165) is 0 Å². The van der Waals surface area contributed by atoms with Gasteiger partial charge >= 0.3 is 11.9 Å². The number of benzene rings is 1. The lowest BCUT2D eigenvalue weighted by atomic mass is 10.3. The average Bonchev–Trinajstić information content (AvgIpc) is 2.81. The third-order valence-electron chi connectivity index (χ3n) is 2.19. The van der Waals surface area contributed by atoms with Crippen LogP contribution in [0.1, 0.15) is 0 Å². The van der Waals surface area contributed by atoms with Gasteiger partial charge in [0.15, 0.2) is 11.5 Å². The van der Waals surface area contributed by atoms with E-state index in [1.807, 2.05) is 0 Å². The number of aliphatic carboxylic acids is 1. The Morgan fingerprint density at radius 1 is 1.33 bits per heavy atom. The molecule has 2 rings (SSSR count). The molecule has 1 aromatic rings. The molecule has 0 saturated heterocycles. The van der Waals surface area contributed by atoms with Crippen molar-refractivity contribution < 1.29 is 28.9 Å². The third-order valence-corrected chi connectivity index (χ3v) is 2.19. The van der Waals surface area contributed by atoms with Crippen molar-refractivity contribution >= 4 is 11.9 Å². The van der Waals surface area contributed by atoms with Crippen molar-refractivity contribution in [1.82, 2.24) is 5.32 Å². The van der Waals surface area contributed by atoms with Crippen molar-refractivity contribution in [3.63, 3.8) is 0 Å². The lowest BCUT2D eigenvalue weighted by molar-refractivity contribution is -0.150. The molecule has 7 heteroatoms. The summed E-state index contributed by atoms with van der Waals surface area (Å²) in [5.41, 5.74) is 0. The summed E-state index contributed by atoms with van der Waals surface area (Å²) in [6.07, 6.45) is 0. The predicted octanol–water partition coefficient (Wildman–Crippen LogP) is -0.00510. The average molecular weight is 253 g/mol. The highest BCUT2D eigenvalue weighted by Gasteiger charge is 2.14. The first-order valence-electron chi connectivity index (χ1n) is 5.20. The molecule has 0 aromatic heterocycles. The third kappa shape index (κ3) is 2.82. The Labute approximate surface area is 102 Å². The molecule has 0 aliphatic carbocycles. The fourth-order valence-electron chi connectivity index (χ4n) is 1.38. The highest BCUT2D eigenvalue weighted by atomic mass is 16.7. The van der Waals surface area contributed by atoms with E-state index in [1.165, 1.54) is 0 Å². The zero-order chi connectivity index (χ0) is 13.0. The van der Waals surface area contributed by atoms with E-state index in [0.29, 0.717) is 17.2 Å². The van der Waals surface area contributed by atoms with E-state index in [1.54, 1.807) is 18.2 Å². The van der Waals surface area contributed by atoms with Gasteiger partial charge in [-0.3, -0.25) is 4.79 Å². The zero-order valence-electron chi connectivity index (χ0n) is 9.34. The molecule has 2 N–H and O–H groups in total. The lowest BCUT2D eigenvalue weighted by Crippen LogP contribution is -2.33. The first kappa shape index (κ1) is 12.0. The van der Waals surface area contributed by atoms with Crippen LogP contribution in [0, 0.1) is 0 Å². The number of carbonyl (C=O) groups is 2. The Morgan fingerprint density at radius 3 is 2.89 bits per heavy atom. The second-order valence-corrected chi connectivity index (χ2v) is 3.42. The predicted molar refractivity (Wildman–Crippen MR) is 58.7 cm³/mol. The summed E-state index contributed by atoms with van der Waals surface area (Å²) in [6.45, 7) is 0.464. The summed E-state index contributed by atoms with van der Waals surface area (Å²) >= 11 is 0. The second-order valence-electron chi connectivity index (χ2n) is 3.42. The number of hydrogen-bond donors (Lipinski definition) is 2. The summed E-state index contributed by atoms with van der Waals surface area (Å²) in [7, 11) is 0. The number of fused-ring (bicyclic) bond motifs is 1. The van der Waals surface area contributed by atoms with Crippen molar-refractivity contribution in [1.29, 1.82) is 0 Å². The van der Waals surface area contributed by atoms with Gasteiger partial charge in [0, 0.05) is 6.07 Å². The molecule has 0 atom stereocenters. The first-order valence-corrected chi connectivity index (χ1v) is 5.20. The molecule has 0 spiro atoms. The van der Waals surface area contributed by atoms with Gasteiger partial charge in [0.2, 0.25) is 6.79 Å². The Morgan fingerprint density at radius 2 is 2.11 bits per heavy atom. The van der Waals surface area contributed by atoms with Crippen molar-refractivity contribution in [2.24, 2.45) is 0 Å². The molecule has 1 heterocycles. The smallest absolute Gasteiger partial charge is 0.394 e. The fraction of sp³-hybridized carbons (Fsp3) is 0.273. The SMILES string of the molecule is O=C(O)C(=O)NCCOc1ccc2c(c1)OCO2. The molecule has 0 unspecified atom stereocenters. The number of carboxylic acid groups (broad SMARTS) is 1. The van der Waals surface area contributed by atoms with Gasteiger partial charge in [-0.05, 0) is 12.1 Å². The van der Waals surface area contributed by atoms with E-state index in [2.05, 4.69) is 5.32 Å².